The Kier molecular flexibility index (Phi) is 5.61. The van der Waals surface area contributed by atoms with Crippen LogP contribution in [-0.2, 0) is 9.59 Å². The first kappa shape index (κ1) is 19.1. The van der Waals surface area contributed by atoms with Gasteiger partial charge in [-0.15, -0.1) is 0 Å². The van der Waals surface area contributed by atoms with E-state index in [1.54, 1.807) is 30.3 Å². The molecule has 1 N–H and O–H groups in total. The maximum Gasteiger partial charge on any atom is 0.295 e. The molecule has 1 heterocycles. The van der Waals surface area contributed by atoms with Crippen molar-refractivity contribution in [2.75, 3.05) is 6.54 Å². The predicted octanol–water partition coefficient (Wildman–Crippen LogP) is 4.70. The number of unbranched alkanes of at least 4 members (excludes halogenated alkanes) is 1. The van der Waals surface area contributed by atoms with Crippen molar-refractivity contribution >= 4 is 29.1 Å². The molecule has 1 amide bonds. The zero-order chi connectivity index (χ0) is 19.6. The minimum Gasteiger partial charge on any atom is -0.507 e. The first-order valence-electron chi connectivity index (χ1n) is 8.74. The molecule has 0 bridgehead atoms. The molecule has 6 heteroatoms. The standard InChI is InChI=1S/C21H19ClFNO3/c1-2-3-12-24-18(15-6-4-5-7-16(15)23)17(20(26)21(24)27)19(25)13-8-10-14(22)11-9-13/h4-11,18,25H,2-3,12H2,1H3/b19-17+/t18-/m1/s1. The number of aliphatic hydroxyl groups is 1. The third-order valence-corrected chi connectivity index (χ3v) is 4.86. The Morgan fingerprint density at radius 2 is 1.81 bits per heavy atom. The number of ketones is 1. The second-order valence-electron chi connectivity index (χ2n) is 6.37. The van der Waals surface area contributed by atoms with E-state index in [1.807, 2.05) is 6.92 Å². The summed E-state index contributed by atoms with van der Waals surface area (Å²) in [5.74, 6) is -2.41. The summed E-state index contributed by atoms with van der Waals surface area (Å²) in [4.78, 5) is 26.6. The third-order valence-electron chi connectivity index (χ3n) is 4.61. The van der Waals surface area contributed by atoms with Gasteiger partial charge in [0, 0.05) is 22.7 Å². The minimum absolute atomic E-state index is 0.108. The number of carbonyl (C=O) groups excluding carboxylic acids is 2. The minimum atomic E-state index is -0.964. The van der Waals surface area contributed by atoms with Gasteiger partial charge in [-0.1, -0.05) is 43.1 Å². The molecule has 0 unspecified atom stereocenters. The van der Waals surface area contributed by atoms with Gasteiger partial charge in [-0.25, -0.2) is 4.39 Å². The molecular formula is C21H19ClFNO3. The summed E-state index contributed by atoms with van der Waals surface area (Å²) in [5, 5.41) is 11.3. The topological polar surface area (TPSA) is 57.6 Å². The molecule has 1 aliphatic rings. The van der Waals surface area contributed by atoms with Gasteiger partial charge < -0.3 is 10.0 Å². The van der Waals surface area contributed by atoms with Gasteiger partial charge in [-0.2, -0.15) is 0 Å². The van der Waals surface area contributed by atoms with Gasteiger partial charge >= 0.3 is 0 Å². The van der Waals surface area contributed by atoms with E-state index >= 15 is 0 Å². The molecule has 2 aromatic carbocycles. The highest BCUT2D eigenvalue weighted by atomic mass is 35.5. The van der Waals surface area contributed by atoms with E-state index in [9.17, 15) is 19.1 Å². The summed E-state index contributed by atoms with van der Waals surface area (Å²) in [6.07, 6.45) is 1.48. The number of halogens is 2. The van der Waals surface area contributed by atoms with Crippen molar-refractivity contribution in [1.82, 2.24) is 4.90 Å². The Morgan fingerprint density at radius 3 is 2.44 bits per heavy atom. The highest BCUT2D eigenvalue weighted by Gasteiger charge is 2.46. The lowest BCUT2D eigenvalue weighted by Gasteiger charge is -2.25. The van der Waals surface area contributed by atoms with Crippen LogP contribution in [0, 0.1) is 5.82 Å². The maximum atomic E-state index is 14.5. The Morgan fingerprint density at radius 1 is 1.15 bits per heavy atom. The number of Topliss-reactive ketones (excluding diaryl/α,β-unsaturated/α-hetero) is 1. The van der Waals surface area contributed by atoms with Gasteiger partial charge in [0.15, 0.2) is 0 Å². The van der Waals surface area contributed by atoms with Crippen LogP contribution in [0.25, 0.3) is 5.76 Å². The summed E-state index contributed by atoms with van der Waals surface area (Å²) in [6.45, 7) is 2.26. The average Bonchev–Trinajstić information content (AvgIpc) is 2.91. The van der Waals surface area contributed by atoms with Crippen molar-refractivity contribution in [3.05, 3.63) is 76.1 Å². The largest absolute Gasteiger partial charge is 0.507 e. The Balaban J connectivity index is 2.18. The highest BCUT2D eigenvalue weighted by molar-refractivity contribution is 6.46. The SMILES string of the molecule is CCCCN1C(=O)C(=O)/C(=C(/O)c2ccc(Cl)cc2)[C@H]1c1ccccc1F. The number of nitrogens with zero attached hydrogens (tertiary/aromatic N) is 1. The van der Waals surface area contributed by atoms with Crippen molar-refractivity contribution in [2.24, 2.45) is 0 Å². The number of rotatable bonds is 5. The monoisotopic (exact) mass is 387 g/mol. The van der Waals surface area contributed by atoms with Crippen LogP contribution in [0.1, 0.15) is 36.9 Å². The molecule has 1 saturated heterocycles. The fourth-order valence-corrected chi connectivity index (χ4v) is 3.35. The number of hydrogen-bond acceptors (Lipinski definition) is 3. The van der Waals surface area contributed by atoms with Crippen LogP contribution in [0.5, 0.6) is 0 Å². The fourth-order valence-electron chi connectivity index (χ4n) is 3.22. The first-order valence-corrected chi connectivity index (χ1v) is 9.12. The molecular weight excluding hydrogens is 369 g/mol. The van der Waals surface area contributed by atoms with Crippen molar-refractivity contribution in [1.29, 1.82) is 0 Å². The van der Waals surface area contributed by atoms with Gasteiger partial charge in [0.25, 0.3) is 11.7 Å². The molecule has 3 rings (SSSR count). The van der Waals surface area contributed by atoms with E-state index in [4.69, 9.17) is 11.6 Å². The molecule has 4 nitrogen and oxygen atoms in total. The van der Waals surface area contributed by atoms with Crippen LogP contribution < -0.4 is 0 Å². The molecule has 0 aliphatic carbocycles. The van der Waals surface area contributed by atoms with Gasteiger partial charge in [0.2, 0.25) is 0 Å². The lowest BCUT2D eigenvalue weighted by atomic mass is 9.95. The Bertz CT molecular complexity index is 908. The van der Waals surface area contributed by atoms with Gasteiger partial charge in [0.1, 0.15) is 11.6 Å². The third kappa shape index (κ3) is 3.60. The molecule has 1 aliphatic heterocycles. The van der Waals surface area contributed by atoms with Crippen LogP contribution >= 0.6 is 11.6 Å². The Labute approximate surface area is 161 Å². The Hall–Kier alpha value is -2.66. The molecule has 0 spiro atoms. The van der Waals surface area contributed by atoms with Crippen molar-refractivity contribution in [3.8, 4) is 0 Å². The average molecular weight is 388 g/mol. The van der Waals surface area contributed by atoms with Crippen molar-refractivity contribution < 1.29 is 19.1 Å². The quantitative estimate of drug-likeness (QED) is 0.459. The molecule has 1 fully saturated rings. The molecule has 0 radical (unpaired) electrons. The molecule has 0 aromatic heterocycles. The first-order chi connectivity index (χ1) is 13.0. The van der Waals surface area contributed by atoms with E-state index in [2.05, 4.69) is 0 Å². The number of benzene rings is 2. The van der Waals surface area contributed by atoms with Gasteiger partial charge in [-0.3, -0.25) is 9.59 Å². The summed E-state index contributed by atoms with van der Waals surface area (Å²) >= 11 is 5.88. The van der Waals surface area contributed by atoms with Gasteiger partial charge in [0.05, 0.1) is 11.6 Å². The number of amides is 1. The normalized spacial score (nSPS) is 18.9. The van der Waals surface area contributed by atoms with Crippen LogP contribution in [0.2, 0.25) is 5.02 Å². The number of carbonyl (C=O) groups is 2. The van der Waals surface area contributed by atoms with E-state index in [-0.39, 0.29) is 16.9 Å². The predicted molar refractivity (Wildman–Crippen MR) is 102 cm³/mol. The van der Waals surface area contributed by atoms with Crippen LogP contribution in [0.3, 0.4) is 0 Å². The van der Waals surface area contributed by atoms with E-state index in [0.717, 1.165) is 6.42 Å². The van der Waals surface area contributed by atoms with Gasteiger partial charge in [-0.05, 0) is 36.8 Å². The van der Waals surface area contributed by atoms with Crippen LogP contribution in [0.4, 0.5) is 4.39 Å². The molecule has 2 aromatic rings. The van der Waals surface area contributed by atoms with Crippen LogP contribution in [-0.4, -0.2) is 28.2 Å². The summed E-state index contributed by atoms with van der Waals surface area (Å²) < 4.78 is 14.5. The molecule has 140 valence electrons. The number of hydrogen-bond donors (Lipinski definition) is 1. The highest BCUT2D eigenvalue weighted by Crippen LogP contribution is 2.40. The summed E-state index contributed by atoms with van der Waals surface area (Å²) in [7, 11) is 0. The van der Waals surface area contributed by atoms with E-state index in [1.165, 1.54) is 23.1 Å². The number of likely N-dealkylation sites (tertiary alicyclic amines) is 1. The molecule has 1 atom stereocenters. The summed E-state index contributed by atoms with van der Waals surface area (Å²) in [6, 6.07) is 11.3. The van der Waals surface area contributed by atoms with Crippen LogP contribution in [0.15, 0.2) is 54.1 Å². The van der Waals surface area contributed by atoms with Crippen molar-refractivity contribution in [3.63, 3.8) is 0 Å². The fraction of sp³-hybridized carbons (Fsp3) is 0.238. The lowest BCUT2D eigenvalue weighted by molar-refractivity contribution is -0.139. The summed E-state index contributed by atoms with van der Waals surface area (Å²) in [5.41, 5.74) is 0.418. The second-order valence-corrected chi connectivity index (χ2v) is 6.81. The van der Waals surface area contributed by atoms with Crippen molar-refractivity contribution in [2.45, 2.75) is 25.8 Å². The zero-order valence-corrected chi connectivity index (χ0v) is 15.5. The molecule has 27 heavy (non-hydrogen) atoms. The van der Waals surface area contributed by atoms with E-state index < -0.39 is 23.5 Å². The smallest absolute Gasteiger partial charge is 0.295 e. The second kappa shape index (κ2) is 7.92. The number of aliphatic hydroxyl groups excluding tert-OH is 1. The zero-order valence-electron chi connectivity index (χ0n) is 14.8. The van der Waals surface area contributed by atoms with E-state index in [0.29, 0.717) is 23.6 Å². The lowest BCUT2D eigenvalue weighted by Crippen LogP contribution is -2.31. The maximum absolute atomic E-state index is 14.5. The molecule has 0 saturated carbocycles.